The van der Waals surface area contributed by atoms with Crippen molar-refractivity contribution in [3.8, 4) is 17.6 Å². The maximum atomic E-state index is 12.5. The highest BCUT2D eigenvalue weighted by Crippen LogP contribution is 2.35. The highest BCUT2D eigenvalue weighted by atomic mass is 127. The fraction of sp³-hybridized carbons (Fsp3) is 0.150. The van der Waals surface area contributed by atoms with Crippen LogP contribution in [-0.4, -0.2) is 25.0 Å². The Bertz CT molecular complexity index is 1000. The van der Waals surface area contributed by atoms with Crippen LogP contribution in [0.4, 0.5) is 5.69 Å². The van der Waals surface area contributed by atoms with Gasteiger partial charge in [-0.05, 0) is 65.4 Å². The van der Waals surface area contributed by atoms with E-state index in [9.17, 15) is 14.9 Å². The number of anilines is 1. The van der Waals surface area contributed by atoms with Crippen molar-refractivity contribution in [3.05, 3.63) is 56.1 Å². The van der Waals surface area contributed by atoms with E-state index in [4.69, 9.17) is 26.8 Å². The van der Waals surface area contributed by atoms with E-state index < -0.39 is 11.8 Å². The van der Waals surface area contributed by atoms with Crippen LogP contribution >= 0.6 is 34.2 Å². The Balaban J connectivity index is 2.34. The molecule has 0 bridgehead atoms. The summed E-state index contributed by atoms with van der Waals surface area (Å²) in [5, 5.41) is 12.4. The molecule has 0 heterocycles. The van der Waals surface area contributed by atoms with Gasteiger partial charge in [-0.3, -0.25) is 9.59 Å². The van der Waals surface area contributed by atoms with E-state index in [1.54, 1.807) is 43.3 Å². The Morgan fingerprint density at radius 2 is 2.03 bits per heavy atom. The molecule has 0 aliphatic rings. The van der Waals surface area contributed by atoms with Crippen LogP contribution in [0.25, 0.3) is 6.08 Å². The van der Waals surface area contributed by atoms with Crippen LogP contribution in [0.5, 0.6) is 11.5 Å². The van der Waals surface area contributed by atoms with Crippen molar-refractivity contribution in [2.24, 2.45) is 5.73 Å². The number of halogens is 2. The number of nitrogens with one attached hydrogen (secondary N) is 1. The van der Waals surface area contributed by atoms with Crippen molar-refractivity contribution in [1.82, 2.24) is 0 Å². The molecule has 0 aliphatic carbocycles. The van der Waals surface area contributed by atoms with Crippen molar-refractivity contribution < 1.29 is 19.1 Å². The number of para-hydroxylation sites is 1. The summed E-state index contributed by atoms with van der Waals surface area (Å²) in [5.74, 6) is -0.476. The molecule has 0 fully saturated rings. The van der Waals surface area contributed by atoms with Crippen molar-refractivity contribution in [2.75, 3.05) is 18.5 Å². The van der Waals surface area contributed by atoms with E-state index in [2.05, 4.69) is 5.32 Å². The van der Waals surface area contributed by atoms with Gasteiger partial charge < -0.3 is 20.5 Å². The minimum Gasteiger partial charge on any atom is -0.490 e. The molecule has 0 saturated carbocycles. The first kappa shape index (κ1) is 22.5. The van der Waals surface area contributed by atoms with Crippen LogP contribution in [0.3, 0.4) is 0 Å². The van der Waals surface area contributed by atoms with Gasteiger partial charge >= 0.3 is 0 Å². The number of primary amides is 1. The third-order valence-corrected chi connectivity index (χ3v) is 4.62. The maximum Gasteiger partial charge on any atom is 0.266 e. The monoisotopic (exact) mass is 525 g/mol. The summed E-state index contributed by atoms with van der Waals surface area (Å²) in [6.45, 7) is 1.86. The molecule has 0 atom stereocenters. The fourth-order valence-electron chi connectivity index (χ4n) is 2.29. The molecule has 0 unspecified atom stereocenters. The molecule has 2 aromatic carbocycles. The van der Waals surface area contributed by atoms with Gasteiger partial charge in [0.15, 0.2) is 18.1 Å². The normalized spacial score (nSPS) is 10.8. The van der Waals surface area contributed by atoms with Crippen LogP contribution in [0, 0.1) is 14.9 Å². The predicted octanol–water partition coefficient (Wildman–Crippen LogP) is 3.75. The Kier molecular flexibility index (Phi) is 8.30. The number of nitrogens with zero attached hydrogens (tertiary/aromatic N) is 1. The number of nitrogens with two attached hydrogens (primary N) is 1. The number of amides is 2. The highest BCUT2D eigenvalue weighted by Gasteiger charge is 2.15. The summed E-state index contributed by atoms with van der Waals surface area (Å²) in [6, 6.07) is 11.9. The summed E-state index contributed by atoms with van der Waals surface area (Å²) in [5.41, 5.74) is 5.97. The molecule has 0 spiro atoms. The second kappa shape index (κ2) is 10.7. The number of ether oxygens (including phenoxy) is 2. The van der Waals surface area contributed by atoms with Gasteiger partial charge in [0.25, 0.3) is 11.8 Å². The van der Waals surface area contributed by atoms with Gasteiger partial charge in [-0.1, -0.05) is 23.7 Å². The number of nitriles is 1. The van der Waals surface area contributed by atoms with Crippen molar-refractivity contribution >= 4 is 57.8 Å². The lowest BCUT2D eigenvalue weighted by molar-refractivity contribution is -0.120. The second-order valence-corrected chi connectivity index (χ2v) is 7.19. The molecule has 3 N–H and O–H groups in total. The summed E-state index contributed by atoms with van der Waals surface area (Å²) in [4.78, 5) is 23.5. The minimum atomic E-state index is -0.616. The molecule has 2 rings (SSSR count). The number of carbonyl (C=O) groups is 2. The van der Waals surface area contributed by atoms with Crippen LogP contribution in [0.1, 0.15) is 12.5 Å². The van der Waals surface area contributed by atoms with Gasteiger partial charge in [-0.2, -0.15) is 5.26 Å². The quantitative estimate of drug-likeness (QED) is 0.309. The number of benzene rings is 2. The van der Waals surface area contributed by atoms with Crippen molar-refractivity contribution in [2.45, 2.75) is 6.92 Å². The zero-order chi connectivity index (χ0) is 21.4. The third-order valence-electron chi connectivity index (χ3n) is 3.49. The molecule has 0 aromatic heterocycles. The summed E-state index contributed by atoms with van der Waals surface area (Å²) in [6.07, 6.45) is 1.43. The average molecular weight is 526 g/mol. The van der Waals surface area contributed by atoms with Crippen LogP contribution in [0.2, 0.25) is 5.02 Å². The standard InChI is InChI=1S/C20H17ClIN3O4/c1-2-28-17-9-12(8-15(22)19(17)29-11-18(24)26)7-13(10-23)20(27)25-16-6-4-3-5-14(16)21/h3-9H,2,11H2,1H3,(H2,24,26)(H,25,27)/b13-7+. The average Bonchev–Trinajstić information content (AvgIpc) is 2.67. The summed E-state index contributed by atoms with van der Waals surface area (Å²) < 4.78 is 11.6. The molecule has 7 nitrogen and oxygen atoms in total. The molecule has 0 radical (unpaired) electrons. The van der Waals surface area contributed by atoms with E-state index in [1.165, 1.54) is 6.08 Å². The molecule has 2 amide bonds. The van der Waals surface area contributed by atoms with Gasteiger partial charge in [-0.15, -0.1) is 0 Å². The van der Waals surface area contributed by atoms with Crippen molar-refractivity contribution in [1.29, 1.82) is 5.26 Å². The van der Waals surface area contributed by atoms with E-state index in [0.717, 1.165) is 0 Å². The number of rotatable bonds is 8. The summed E-state index contributed by atoms with van der Waals surface area (Å²) >= 11 is 8.05. The first-order valence-corrected chi connectivity index (χ1v) is 9.86. The zero-order valence-corrected chi connectivity index (χ0v) is 18.3. The topological polar surface area (TPSA) is 114 Å². The number of carbonyl (C=O) groups excluding carboxylic acids is 2. The van der Waals surface area contributed by atoms with Crippen LogP contribution in [0.15, 0.2) is 42.0 Å². The Morgan fingerprint density at radius 1 is 1.31 bits per heavy atom. The van der Waals surface area contributed by atoms with E-state index in [0.29, 0.717) is 37.9 Å². The zero-order valence-electron chi connectivity index (χ0n) is 15.4. The lowest BCUT2D eigenvalue weighted by atomic mass is 10.1. The molecule has 2 aromatic rings. The third kappa shape index (κ3) is 6.37. The maximum absolute atomic E-state index is 12.5. The predicted molar refractivity (Wildman–Crippen MR) is 119 cm³/mol. The molecular formula is C20H17ClIN3O4. The molecular weight excluding hydrogens is 509 g/mol. The SMILES string of the molecule is CCOc1cc(/C=C(\C#N)C(=O)Nc2ccccc2Cl)cc(I)c1OCC(N)=O. The molecule has 0 aliphatic heterocycles. The van der Waals surface area contributed by atoms with Gasteiger partial charge in [0.2, 0.25) is 0 Å². The van der Waals surface area contributed by atoms with Gasteiger partial charge in [0.05, 0.1) is 20.9 Å². The second-order valence-electron chi connectivity index (χ2n) is 5.62. The molecule has 9 heteroatoms. The minimum absolute atomic E-state index is 0.117. The van der Waals surface area contributed by atoms with Gasteiger partial charge in [0.1, 0.15) is 11.6 Å². The number of hydrogen-bond donors (Lipinski definition) is 2. The Hall–Kier alpha value is -2.77. The van der Waals surface area contributed by atoms with E-state index in [-0.39, 0.29) is 12.2 Å². The lowest BCUT2D eigenvalue weighted by Crippen LogP contribution is -2.20. The van der Waals surface area contributed by atoms with E-state index in [1.807, 2.05) is 28.7 Å². The number of hydrogen-bond acceptors (Lipinski definition) is 5. The fourth-order valence-corrected chi connectivity index (χ4v) is 3.25. The Labute approximate surface area is 186 Å². The van der Waals surface area contributed by atoms with Gasteiger partial charge in [-0.25, -0.2) is 0 Å². The van der Waals surface area contributed by atoms with Crippen molar-refractivity contribution in [3.63, 3.8) is 0 Å². The summed E-state index contributed by atoms with van der Waals surface area (Å²) in [7, 11) is 0. The smallest absolute Gasteiger partial charge is 0.266 e. The van der Waals surface area contributed by atoms with Crippen LogP contribution < -0.4 is 20.5 Å². The first-order valence-electron chi connectivity index (χ1n) is 8.40. The Morgan fingerprint density at radius 3 is 2.66 bits per heavy atom. The largest absolute Gasteiger partial charge is 0.490 e. The highest BCUT2D eigenvalue weighted by molar-refractivity contribution is 14.1. The molecule has 0 saturated heterocycles. The molecule has 150 valence electrons. The first-order chi connectivity index (χ1) is 13.8. The van der Waals surface area contributed by atoms with E-state index >= 15 is 0 Å². The van der Waals surface area contributed by atoms with Crippen LogP contribution in [-0.2, 0) is 9.59 Å². The lowest BCUT2D eigenvalue weighted by Gasteiger charge is -2.14. The van der Waals surface area contributed by atoms with Gasteiger partial charge in [0, 0.05) is 0 Å². The molecule has 29 heavy (non-hydrogen) atoms.